The van der Waals surface area contributed by atoms with Crippen molar-refractivity contribution < 1.29 is 21.4 Å². The van der Waals surface area contributed by atoms with E-state index in [1.165, 1.54) is 42.5 Å². The largest absolute Gasteiger partial charge is 0.295 e. The first-order valence-electron chi connectivity index (χ1n) is 6.25. The van der Waals surface area contributed by atoms with Gasteiger partial charge in [0, 0.05) is 0 Å². The molecular formula is C15H11NO5S2. The lowest BCUT2D eigenvalue weighted by atomic mass is 10.2. The van der Waals surface area contributed by atoms with Crippen LogP contribution in [0, 0.1) is 11.3 Å². The van der Waals surface area contributed by atoms with Crippen LogP contribution >= 0.6 is 0 Å². The summed E-state index contributed by atoms with van der Waals surface area (Å²) in [6, 6.07) is 14.1. The van der Waals surface area contributed by atoms with E-state index in [-0.39, 0.29) is 10.5 Å². The molecule has 118 valence electrons. The molecule has 0 aliphatic carbocycles. The first-order chi connectivity index (χ1) is 10.8. The maximum absolute atomic E-state index is 12.4. The fraction of sp³-hybridized carbons (Fsp3) is 0. The van der Waals surface area contributed by atoms with Crippen molar-refractivity contribution in [1.82, 2.24) is 0 Å². The molecule has 0 saturated heterocycles. The van der Waals surface area contributed by atoms with Gasteiger partial charge in [-0.1, -0.05) is 36.4 Å². The third kappa shape index (κ3) is 3.65. The number of nitriles is 1. The van der Waals surface area contributed by atoms with Gasteiger partial charge in [0.05, 0.1) is 4.90 Å². The number of rotatable bonds is 4. The quantitative estimate of drug-likeness (QED) is 0.669. The first kappa shape index (κ1) is 16.9. The normalized spacial score (nSPS) is 12.6. The number of nitrogens with zero attached hydrogens (tertiary/aromatic N) is 1. The zero-order valence-corrected chi connectivity index (χ0v) is 13.3. The van der Waals surface area contributed by atoms with Gasteiger partial charge in [-0.3, -0.25) is 4.55 Å². The number of hydrogen-bond acceptors (Lipinski definition) is 5. The van der Waals surface area contributed by atoms with Crippen LogP contribution in [0.15, 0.2) is 69.3 Å². The predicted octanol–water partition coefficient (Wildman–Crippen LogP) is 2.27. The molecule has 2 aromatic rings. The number of sulfone groups is 1. The second-order valence-electron chi connectivity index (χ2n) is 4.45. The summed E-state index contributed by atoms with van der Waals surface area (Å²) < 4.78 is 56.7. The second-order valence-corrected chi connectivity index (χ2v) is 7.76. The van der Waals surface area contributed by atoms with E-state index in [2.05, 4.69) is 0 Å². The fourth-order valence-electron chi connectivity index (χ4n) is 1.87. The Morgan fingerprint density at radius 1 is 0.957 bits per heavy atom. The molecule has 0 fully saturated rings. The molecule has 0 bridgehead atoms. The molecule has 0 atom stereocenters. The Morgan fingerprint density at radius 2 is 1.52 bits per heavy atom. The highest BCUT2D eigenvalue weighted by Gasteiger charge is 2.22. The maximum Gasteiger partial charge on any atom is 0.295 e. The summed E-state index contributed by atoms with van der Waals surface area (Å²) in [7, 11) is -8.63. The Bertz CT molecular complexity index is 1000. The first-order valence-corrected chi connectivity index (χ1v) is 9.17. The van der Waals surface area contributed by atoms with Crippen molar-refractivity contribution in [2.75, 3.05) is 0 Å². The summed E-state index contributed by atoms with van der Waals surface area (Å²) in [5.74, 6) is 0. The standard InChI is InChI=1S/C15H11NO5S2/c16-11-14(22(17,18)13-7-2-1-3-8-13)10-12-6-4-5-9-15(12)23(19,20)21/h1-10H,(H,19,20,21)/b14-10+. The van der Waals surface area contributed by atoms with E-state index in [0.717, 1.165) is 12.1 Å². The van der Waals surface area contributed by atoms with E-state index in [1.807, 2.05) is 0 Å². The van der Waals surface area contributed by atoms with Gasteiger partial charge in [0.2, 0.25) is 9.84 Å². The molecule has 0 radical (unpaired) electrons. The van der Waals surface area contributed by atoms with E-state index < -0.39 is 29.8 Å². The molecule has 0 amide bonds. The summed E-state index contributed by atoms with van der Waals surface area (Å²) in [5, 5.41) is 9.17. The lowest BCUT2D eigenvalue weighted by Gasteiger charge is -2.05. The minimum absolute atomic E-state index is 0.0860. The summed E-state index contributed by atoms with van der Waals surface area (Å²) in [6.45, 7) is 0. The molecule has 8 heteroatoms. The zero-order chi connectivity index (χ0) is 17.1. The summed E-state index contributed by atoms with van der Waals surface area (Å²) >= 11 is 0. The average molecular weight is 349 g/mol. The van der Waals surface area contributed by atoms with Crippen molar-refractivity contribution in [3.63, 3.8) is 0 Å². The van der Waals surface area contributed by atoms with Gasteiger partial charge in [-0.2, -0.15) is 13.7 Å². The molecule has 0 aliphatic rings. The highest BCUT2D eigenvalue weighted by atomic mass is 32.2. The molecule has 0 spiro atoms. The van der Waals surface area contributed by atoms with E-state index in [9.17, 15) is 21.4 Å². The molecule has 2 rings (SSSR count). The van der Waals surface area contributed by atoms with Crippen molar-refractivity contribution >= 4 is 26.0 Å². The SMILES string of the molecule is N#C/C(=C\c1ccccc1S(=O)(=O)O)S(=O)(=O)c1ccccc1. The molecule has 0 aliphatic heterocycles. The minimum Gasteiger partial charge on any atom is -0.282 e. The van der Waals surface area contributed by atoms with Gasteiger partial charge in [0.15, 0.2) is 0 Å². The second kappa shape index (κ2) is 6.34. The van der Waals surface area contributed by atoms with Crippen LogP contribution in [-0.2, 0) is 20.0 Å². The molecule has 6 nitrogen and oxygen atoms in total. The molecule has 1 N–H and O–H groups in total. The van der Waals surface area contributed by atoms with E-state index in [4.69, 9.17) is 5.26 Å². The van der Waals surface area contributed by atoms with E-state index >= 15 is 0 Å². The van der Waals surface area contributed by atoms with E-state index in [0.29, 0.717) is 0 Å². The molecule has 23 heavy (non-hydrogen) atoms. The number of benzene rings is 2. The van der Waals surface area contributed by atoms with Gasteiger partial charge in [-0.25, -0.2) is 8.42 Å². The van der Waals surface area contributed by atoms with Gasteiger partial charge >= 0.3 is 0 Å². The lowest BCUT2D eigenvalue weighted by molar-refractivity contribution is 0.483. The van der Waals surface area contributed by atoms with Crippen molar-refractivity contribution in [3.8, 4) is 6.07 Å². The zero-order valence-electron chi connectivity index (χ0n) is 11.6. The van der Waals surface area contributed by atoms with E-state index in [1.54, 1.807) is 12.1 Å². The van der Waals surface area contributed by atoms with Crippen LogP contribution in [0.3, 0.4) is 0 Å². The lowest BCUT2D eigenvalue weighted by Crippen LogP contribution is -2.05. The average Bonchev–Trinajstić information content (AvgIpc) is 2.52. The van der Waals surface area contributed by atoms with Crippen molar-refractivity contribution in [3.05, 3.63) is 65.1 Å². The molecular weight excluding hydrogens is 338 g/mol. The van der Waals surface area contributed by atoms with Gasteiger partial charge in [0.1, 0.15) is 15.9 Å². The van der Waals surface area contributed by atoms with Crippen molar-refractivity contribution in [2.24, 2.45) is 0 Å². The van der Waals surface area contributed by atoms with Crippen LogP contribution in [0.2, 0.25) is 0 Å². The Kier molecular flexibility index (Phi) is 4.65. The van der Waals surface area contributed by atoms with Crippen LogP contribution in [0.1, 0.15) is 5.56 Å². The number of allylic oxidation sites excluding steroid dienone is 1. The summed E-state index contributed by atoms with van der Waals surface area (Å²) in [6.07, 6.45) is 0.922. The molecule has 0 heterocycles. The number of hydrogen-bond donors (Lipinski definition) is 1. The fourth-order valence-corrected chi connectivity index (χ4v) is 3.72. The molecule has 2 aromatic carbocycles. The third-order valence-corrected chi connectivity index (χ3v) is 5.55. The Hall–Kier alpha value is -2.47. The Balaban J connectivity index is 2.65. The highest BCUT2D eigenvalue weighted by Crippen LogP contribution is 2.24. The third-order valence-electron chi connectivity index (χ3n) is 2.94. The smallest absolute Gasteiger partial charge is 0.282 e. The minimum atomic E-state index is -4.55. The Morgan fingerprint density at radius 3 is 2.09 bits per heavy atom. The highest BCUT2D eigenvalue weighted by molar-refractivity contribution is 7.95. The Labute approximate surface area is 134 Å². The maximum atomic E-state index is 12.4. The van der Waals surface area contributed by atoms with Crippen molar-refractivity contribution in [1.29, 1.82) is 5.26 Å². The van der Waals surface area contributed by atoms with Gasteiger partial charge in [-0.15, -0.1) is 0 Å². The molecule has 0 aromatic heterocycles. The van der Waals surface area contributed by atoms with Crippen LogP contribution < -0.4 is 0 Å². The summed E-state index contributed by atoms with van der Waals surface area (Å²) in [4.78, 5) is -1.19. The van der Waals surface area contributed by atoms with Crippen LogP contribution in [0.25, 0.3) is 6.08 Å². The monoisotopic (exact) mass is 349 g/mol. The summed E-state index contributed by atoms with van der Waals surface area (Å²) in [5.41, 5.74) is -0.0916. The van der Waals surface area contributed by atoms with Crippen molar-refractivity contribution in [2.45, 2.75) is 9.79 Å². The van der Waals surface area contributed by atoms with Crippen LogP contribution in [0.5, 0.6) is 0 Å². The van der Waals surface area contributed by atoms with Gasteiger partial charge in [-0.05, 0) is 29.8 Å². The van der Waals surface area contributed by atoms with Crippen LogP contribution in [0.4, 0.5) is 0 Å². The molecule has 0 saturated carbocycles. The predicted molar refractivity (Wildman–Crippen MR) is 83.5 cm³/mol. The topological polar surface area (TPSA) is 112 Å². The van der Waals surface area contributed by atoms with Gasteiger partial charge < -0.3 is 0 Å². The van der Waals surface area contributed by atoms with Crippen LogP contribution in [-0.4, -0.2) is 21.4 Å². The van der Waals surface area contributed by atoms with Gasteiger partial charge in [0.25, 0.3) is 10.1 Å². The molecule has 0 unspecified atom stereocenters.